The fourth-order valence-electron chi connectivity index (χ4n) is 2.90. The van der Waals surface area contributed by atoms with E-state index in [1.54, 1.807) is 6.07 Å². The molecule has 0 unspecified atom stereocenters. The Kier molecular flexibility index (Phi) is 3.43. The maximum Gasteiger partial charge on any atom is 0.290 e. The van der Waals surface area contributed by atoms with Gasteiger partial charge in [0, 0.05) is 19.0 Å². The van der Waals surface area contributed by atoms with Crippen molar-refractivity contribution < 1.29 is 13.6 Å². The molecule has 1 heterocycles. The van der Waals surface area contributed by atoms with Crippen molar-refractivity contribution in [1.29, 1.82) is 0 Å². The molecule has 114 valence electrons. The van der Waals surface area contributed by atoms with Gasteiger partial charge in [0.05, 0.1) is 0 Å². The zero-order valence-electron chi connectivity index (χ0n) is 12.0. The number of hydrogen-bond acceptors (Lipinski definition) is 3. The molecule has 1 saturated carbocycles. The predicted octanol–water partition coefficient (Wildman–Crippen LogP) is 2.11. The third-order valence-electron chi connectivity index (χ3n) is 4.41. The molecule has 1 fully saturated rings. The quantitative estimate of drug-likeness (QED) is 0.874. The molecule has 0 aromatic carbocycles. The second kappa shape index (κ2) is 5.02. The number of aryl methyl sites for hydroxylation is 1. The van der Waals surface area contributed by atoms with E-state index >= 15 is 0 Å². The molecule has 3 rings (SSSR count). The first-order chi connectivity index (χ1) is 9.88. The van der Waals surface area contributed by atoms with Crippen molar-refractivity contribution in [2.24, 2.45) is 11.7 Å². The molecule has 1 amide bonds. The molecule has 1 atom stereocenters. The van der Waals surface area contributed by atoms with Crippen molar-refractivity contribution in [1.82, 2.24) is 10.3 Å². The minimum atomic E-state index is -2.95. The summed E-state index contributed by atoms with van der Waals surface area (Å²) >= 11 is 0. The van der Waals surface area contributed by atoms with E-state index in [-0.39, 0.29) is 17.8 Å². The van der Waals surface area contributed by atoms with Crippen molar-refractivity contribution in [2.75, 3.05) is 0 Å². The first kappa shape index (κ1) is 14.4. The molecule has 4 nitrogen and oxygen atoms in total. The van der Waals surface area contributed by atoms with E-state index in [1.165, 1.54) is 12.8 Å². The van der Waals surface area contributed by atoms with E-state index in [9.17, 15) is 13.6 Å². The number of primary amides is 1. The molecule has 0 aliphatic heterocycles. The molecule has 1 aromatic heterocycles. The number of hydrogen-bond donors (Lipinski definition) is 2. The summed E-state index contributed by atoms with van der Waals surface area (Å²) in [4.78, 5) is 15.4. The van der Waals surface area contributed by atoms with Gasteiger partial charge in [-0.1, -0.05) is 6.07 Å². The van der Waals surface area contributed by atoms with Crippen LogP contribution in [0.4, 0.5) is 8.78 Å². The molecular weight excluding hydrogens is 276 g/mol. The highest BCUT2D eigenvalue weighted by molar-refractivity contribution is 5.92. The maximum absolute atomic E-state index is 13.7. The van der Waals surface area contributed by atoms with Crippen molar-refractivity contribution in [3.63, 3.8) is 0 Å². The fourth-order valence-corrected chi connectivity index (χ4v) is 2.90. The lowest BCUT2D eigenvalue weighted by atomic mass is 10.1. The molecule has 0 bridgehead atoms. The molecule has 0 saturated heterocycles. The molecule has 6 heteroatoms. The summed E-state index contributed by atoms with van der Waals surface area (Å²) in [6.45, 7) is 2.53. The van der Waals surface area contributed by atoms with Gasteiger partial charge in [-0.25, -0.2) is 4.98 Å². The Hall–Kier alpha value is -1.56. The van der Waals surface area contributed by atoms with Crippen LogP contribution in [0.25, 0.3) is 0 Å². The lowest BCUT2D eigenvalue weighted by Crippen LogP contribution is -2.29. The van der Waals surface area contributed by atoms with Gasteiger partial charge in [-0.3, -0.25) is 4.79 Å². The average Bonchev–Trinajstić information content (AvgIpc) is 3.22. The van der Waals surface area contributed by atoms with Gasteiger partial charge in [-0.15, -0.1) is 0 Å². The Balaban J connectivity index is 1.87. The zero-order valence-corrected chi connectivity index (χ0v) is 12.0. The highest BCUT2D eigenvalue weighted by atomic mass is 19.3. The number of carbonyl (C=O) groups is 1. The molecule has 0 radical (unpaired) electrons. The standard InChI is InChI=1S/C15H19F2N3O/c1-8(9-2-3-9)19-7-11-6-10-4-5-15(16,17)13(10)20-12(11)14(18)21/h6,8-9,19H,2-5,7H2,1H3,(H2,18,21)/t8-/m0/s1. The van der Waals surface area contributed by atoms with Crippen LogP contribution in [0.2, 0.25) is 0 Å². The van der Waals surface area contributed by atoms with Crippen molar-refractivity contribution in [3.05, 3.63) is 28.6 Å². The number of pyridine rings is 1. The van der Waals surface area contributed by atoms with Gasteiger partial charge in [0.15, 0.2) is 0 Å². The highest BCUT2D eigenvalue weighted by Crippen LogP contribution is 2.41. The number of halogens is 2. The van der Waals surface area contributed by atoms with E-state index < -0.39 is 11.8 Å². The molecule has 21 heavy (non-hydrogen) atoms. The van der Waals surface area contributed by atoms with Crippen molar-refractivity contribution >= 4 is 5.91 Å². The summed E-state index contributed by atoms with van der Waals surface area (Å²) < 4.78 is 27.4. The third-order valence-corrected chi connectivity index (χ3v) is 4.41. The fraction of sp³-hybridized carbons (Fsp3) is 0.600. The number of aromatic nitrogens is 1. The Bertz CT molecular complexity index is 585. The van der Waals surface area contributed by atoms with Gasteiger partial charge in [0.1, 0.15) is 11.4 Å². The summed E-state index contributed by atoms with van der Waals surface area (Å²) in [5.74, 6) is -3.03. The number of carbonyl (C=O) groups excluding carboxylic acids is 1. The van der Waals surface area contributed by atoms with Gasteiger partial charge < -0.3 is 11.1 Å². The van der Waals surface area contributed by atoms with Gasteiger partial charge in [-0.05, 0) is 43.2 Å². The Morgan fingerprint density at radius 1 is 1.57 bits per heavy atom. The molecule has 1 aromatic rings. The number of nitrogens with zero attached hydrogens (tertiary/aromatic N) is 1. The molecular formula is C15H19F2N3O. The van der Waals surface area contributed by atoms with Gasteiger partial charge in [0.25, 0.3) is 11.8 Å². The van der Waals surface area contributed by atoms with Crippen molar-refractivity contribution in [2.45, 2.75) is 51.1 Å². The number of nitrogens with two attached hydrogens (primary N) is 1. The van der Waals surface area contributed by atoms with Crippen LogP contribution in [-0.2, 0) is 18.9 Å². The van der Waals surface area contributed by atoms with Gasteiger partial charge >= 0.3 is 0 Å². The molecule has 0 spiro atoms. The largest absolute Gasteiger partial charge is 0.364 e. The van der Waals surface area contributed by atoms with Crippen LogP contribution in [0, 0.1) is 5.92 Å². The van der Waals surface area contributed by atoms with Crippen LogP contribution in [-0.4, -0.2) is 16.9 Å². The maximum atomic E-state index is 13.7. The SMILES string of the molecule is C[C@H](NCc1cc2c(nc1C(N)=O)C(F)(F)CC2)C1CC1. The third kappa shape index (κ3) is 2.77. The lowest BCUT2D eigenvalue weighted by Gasteiger charge is -2.16. The Morgan fingerprint density at radius 2 is 2.29 bits per heavy atom. The van der Waals surface area contributed by atoms with Gasteiger partial charge in [-0.2, -0.15) is 8.78 Å². The Morgan fingerprint density at radius 3 is 2.90 bits per heavy atom. The minimum Gasteiger partial charge on any atom is -0.364 e. The first-order valence-corrected chi connectivity index (χ1v) is 7.33. The van der Waals surface area contributed by atoms with E-state index in [0.29, 0.717) is 36.1 Å². The van der Waals surface area contributed by atoms with Gasteiger partial charge in [0.2, 0.25) is 0 Å². The predicted molar refractivity (Wildman–Crippen MR) is 74.0 cm³/mol. The number of nitrogens with one attached hydrogen (secondary N) is 1. The summed E-state index contributed by atoms with van der Waals surface area (Å²) in [5.41, 5.74) is 6.13. The normalized spacial score (nSPS) is 21.1. The zero-order chi connectivity index (χ0) is 15.2. The molecule has 2 aliphatic carbocycles. The number of amides is 1. The van der Waals surface area contributed by atoms with Crippen LogP contribution in [0.1, 0.15) is 53.5 Å². The molecule has 2 aliphatic rings. The van der Waals surface area contributed by atoms with Crippen LogP contribution in [0.5, 0.6) is 0 Å². The van der Waals surface area contributed by atoms with E-state index in [0.717, 1.165) is 0 Å². The lowest BCUT2D eigenvalue weighted by molar-refractivity contribution is -0.00602. The minimum absolute atomic E-state index is 0.0363. The number of rotatable bonds is 5. The van der Waals surface area contributed by atoms with Crippen molar-refractivity contribution in [3.8, 4) is 0 Å². The number of fused-ring (bicyclic) bond motifs is 1. The summed E-state index contributed by atoms with van der Waals surface area (Å²) in [6, 6.07) is 2.01. The second-order valence-corrected chi connectivity index (χ2v) is 6.08. The summed E-state index contributed by atoms with van der Waals surface area (Å²) in [7, 11) is 0. The monoisotopic (exact) mass is 295 g/mol. The topological polar surface area (TPSA) is 68.0 Å². The summed E-state index contributed by atoms with van der Waals surface area (Å²) in [5, 5.41) is 3.33. The van der Waals surface area contributed by atoms with Crippen LogP contribution >= 0.6 is 0 Å². The second-order valence-electron chi connectivity index (χ2n) is 6.08. The number of alkyl halides is 2. The van der Waals surface area contributed by atoms with Crippen LogP contribution in [0.3, 0.4) is 0 Å². The van der Waals surface area contributed by atoms with E-state index in [4.69, 9.17) is 5.73 Å². The highest BCUT2D eigenvalue weighted by Gasteiger charge is 2.41. The first-order valence-electron chi connectivity index (χ1n) is 7.33. The summed E-state index contributed by atoms with van der Waals surface area (Å²) in [6.07, 6.45) is 2.47. The van der Waals surface area contributed by atoms with E-state index in [2.05, 4.69) is 17.2 Å². The smallest absolute Gasteiger partial charge is 0.290 e. The molecule has 3 N–H and O–H groups in total. The van der Waals surface area contributed by atoms with Crippen LogP contribution in [0.15, 0.2) is 6.07 Å². The Labute approximate surface area is 122 Å². The van der Waals surface area contributed by atoms with E-state index in [1.807, 2.05) is 0 Å². The average molecular weight is 295 g/mol. The van der Waals surface area contributed by atoms with Crippen LogP contribution < -0.4 is 11.1 Å².